The quantitative estimate of drug-likeness (QED) is 0.168. The predicted molar refractivity (Wildman–Crippen MR) is 213 cm³/mol. The molecule has 5 saturated heterocycles. The summed E-state index contributed by atoms with van der Waals surface area (Å²) in [5.41, 5.74) is 1.65. The molecule has 0 bridgehead atoms. The molecule has 1 spiro atoms. The maximum Gasteiger partial charge on any atom is 0.187 e. The fraction of sp³-hybridized carbons (Fsp3) is 0.956. The molecule has 0 radical (unpaired) electrons. The van der Waals surface area contributed by atoms with Crippen LogP contribution < -0.4 is 0 Å². The van der Waals surface area contributed by atoms with Crippen molar-refractivity contribution in [3.63, 3.8) is 0 Å². The van der Waals surface area contributed by atoms with E-state index >= 15 is 0 Å². The lowest BCUT2D eigenvalue weighted by molar-refractivity contribution is -0.376. The molecule has 5 heterocycles. The van der Waals surface area contributed by atoms with Crippen molar-refractivity contribution in [1.82, 2.24) is 0 Å². The van der Waals surface area contributed by atoms with Crippen LogP contribution in [-0.2, 0) is 37.9 Å². The van der Waals surface area contributed by atoms with Crippen LogP contribution >= 0.6 is 0 Å². The molecule has 61 heavy (non-hydrogen) atoms. The van der Waals surface area contributed by atoms with Crippen LogP contribution in [0.5, 0.6) is 0 Å². The van der Waals surface area contributed by atoms with Gasteiger partial charge in [-0.15, -0.1) is 0 Å². The minimum atomic E-state index is -1.75. The van der Waals surface area contributed by atoms with Crippen LogP contribution in [0.2, 0.25) is 0 Å². The van der Waals surface area contributed by atoms with Gasteiger partial charge in [0.05, 0.1) is 37.6 Å². The second-order valence-corrected chi connectivity index (χ2v) is 21.1. The fourth-order valence-corrected chi connectivity index (χ4v) is 14.0. The van der Waals surface area contributed by atoms with Crippen LogP contribution in [0.3, 0.4) is 0 Å². The zero-order valence-electron chi connectivity index (χ0n) is 36.5. The summed E-state index contributed by atoms with van der Waals surface area (Å²) < 4.78 is 49.0. The number of hydrogen-bond donors (Lipinski definition) is 8. The van der Waals surface area contributed by atoms with Crippen LogP contribution in [0.4, 0.5) is 0 Å². The monoisotopic (exact) mass is 868 g/mol. The van der Waals surface area contributed by atoms with Gasteiger partial charge in [-0.1, -0.05) is 39.3 Å². The van der Waals surface area contributed by atoms with Crippen molar-refractivity contribution in [2.75, 3.05) is 13.2 Å². The van der Waals surface area contributed by atoms with E-state index in [2.05, 4.69) is 33.8 Å². The van der Waals surface area contributed by atoms with Crippen molar-refractivity contribution in [3.05, 3.63) is 11.6 Å². The summed E-state index contributed by atoms with van der Waals surface area (Å²) in [5, 5.41) is 85.9. The molecule has 0 unspecified atom stereocenters. The first-order chi connectivity index (χ1) is 28.9. The normalized spacial score (nSPS) is 58.4. The molecule has 26 atom stereocenters. The highest BCUT2D eigenvalue weighted by Gasteiger charge is 2.69. The first-order valence-electron chi connectivity index (χ1n) is 23.2. The van der Waals surface area contributed by atoms with Crippen LogP contribution in [-0.4, -0.2) is 164 Å². The van der Waals surface area contributed by atoms with E-state index in [0.29, 0.717) is 41.9 Å². The number of rotatable bonds is 7. The third-order valence-electron chi connectivity index (χ3n) is 17.6. The Morgan fingerprint density at radius 3 is 2.03 bits per heavy atom. The molecule has 16 heteroatoms. The maximum atomic E-state index is 11.4. The van der Waals surface area contributed by atoms with Gasteiger partial charge in [-0.05, 0) is 106 Å². The van der Waals surface area contributed by atoms with E-state index in [1.54, 1.807) is 0 Å². The second kappa shape index (κ2) is 16.8. The fourth-order valence-electron chi connectivity index (χ4n) is 14.0. The smallest absolute Gasteiger partial charge is 0.187 e. The molecule has 5 aliphatic heterocycles. The van der Waals surface area contributed by atoms with Crippen molar-refractivity contribution in [3.8, 4) is 0 Å². The third kappa shape index (κ3) is 7.42. The standard InChI is InChI=1S/C45H72O16/c1-19-9-14-45(54-18-19)20(2)30-28(61-45)16-27-25-8-7-23-15-24(10-12-43(23,5)26(25)11-13-44(27,30)6)57-42-37(53)34(50)39(29(17-46)58-42)60-41-36(52)33(49)38(22(4)56-41)59-40-35(51)32(48)31(47)21(3)55-40/h7,19-22,24-42,46-53H,8-18H2,1-6H3/t19-,20-,21-,22-,24-,25+,26-,27-,28-,29+,30-,31-,32+,33-,34+,35+,36+,37+,38-,39+,40-,41-,42+,43-,44-,45+/m0/s1. The summed E-state index contributed by atoms with van der Waals surface area (Å²) in [6.45, 7) is 12.8. The number of aliphatic hydroxyl groups excluding tert-OH is 8. The maximum absolute atomic E-state index is 11.4. The molecule has 0 aromatic rings. The van der Waals surface area contributed by atoms with E-state index in [-0.39, 0.29) is 23.0 Å². The van der Waals surface area contributed by atoms with Crippen LogP contribution in [0.25, 0.3) is 0 Å². The van der Waals surface area contributed by atoms with Crippen molar-refractivity contribution in [2.45, 2.75) is 209 Å². The SMILES string of the molecule is C[C@H]1CC[C@@]2(OC1)O[C@H]1C[C@H]3[C@@H]4CC=C5C[C@@H](O[C@@H]6O[C@H](CO)[C@@H](O[C@@H]7O[C@@H](C)[C@H](O[C@@H]8O[C@@H](C)[C@H](O)[C@@H](O)[C@H]8O)[C@@H](O)[C@H]7O)[C@H](O)[C@H]6O)CC[C@]5(C)[C@H]4CC[C@]3(C)[C@H]1[C@@H]2C. The average molecular weight is 869 g/mol. The average Bonchev–Trinajstić information content (AvgIpc) is 3.68. The Morgan fingerprint density at radius 2 is 1.34 bits per heavy atom. The zero-order valence-corrected chi connectivity index (χ0v) is 36.5. The molecular weight excluding hydrogens is 796 g/mol. The number of aliphatic hydroxyl groups is 8. The zero-order chi connectivity index (χ0) is 43.5. The summed E-state index contributed by atoms with van der Waals surface area (Å²) in [7, 11) is 0. The van der Waals surface area contributed by atoms with Crippen molar-refractivity contribution in [2.24, 2.45) is 46.3 Å². The lowest BCUT2D eigenvalue weighted by Gasteiger charge is -2.58. The number of ether oxygens (including phenoxy) is 8. The van der Waals surface area contributed by atoms with Gasteiger partial charge in [0, 0.05) is 12.3 Å². The highest BCUT2D eigenvalue weighted by atomic mass is 16.8. The first kappa shape index (κ1) is 45.3. The Bertz CT molecular complexity index is 1590. The van der Waals surface area contributed by atoms with Crippen LogP contribution in [0, 0.1) is 46.3 Å². The Kier molecular flexibility index (Phi) is 12.4. The summed E-state index contributed by atoms with van der Waals surface area (Å²) in [4.78, 5) is 0. The highest BCUT2D eigenvalue weighted by Crippen LogP contribution is 2.70. The summed E-state index contributed by atoms with van der Waals surface area (Å²) >= 11 is 0. The topological polar surface area (TPSA) is 236 Å². The molecule has 16 nitrogen and oxygen atoms in total. The summed E-state index contributed by atoms with van der Waals surface area (Å²) in [6.07, 6.45) is -9.64. The number of fused-ring (bicyclic) bond motifs is 7. The van der Waals surface area contributed by atoms with Gasteiger partial charge in [-0.3, -0.25) is 0 Å². The van der Waals surface area contributed by atoms with Gasteiger partial charge in [0.1, 0.15) is 61.0 Å². The van der Waals surface area contributed by atoms with Gasteiger partial charge < -0.3 is 78.7 Å². The van der Waals surface area contributed by atoms with Gasteiger partial charge in [0.15, 0.2) is 24.7 Å². The molecule has 3 saturated carbocycles. The molecule has 0 amide bonds. The largest absolute Gasteiger partial charge is 0.394 e. The molecular formula is C45H72O16. The Labute approximate surface area is 358 Å². The molecule has 0 aromatic heterocycles. The lowest BCUT2D eigenvalue weighted by Crippen LogP contribution is -2.65. The Morgan fingerprint density at radius 1 is 0.689 bits per heavy atom. The van der Waals surface area contributed by atoms with Gasteiger partial charge in [0.2, 0.25) is 0 Å². The van der Waals surface area contributed by atoms with E-state index in [4.69, 9.17) is 37.9 Å². The highest BCUT2D eigenvalue weighted by molar-refractivity contribution is 5.26. The molecule has 9 rings (SSSR count). The van der Waals surface area contributed by atoms with Crippen molar-refractivity contribution >= 4 is 0 Å². The van der Waals surface area contributed by atoms with Crippen LogP contribution in [0.15, 0.2) is 11.6 Å². The minimum Gasteiger partial charge on any atom is -0.394 e. The van der Waals surface area contributed by atoms with Crippen molar-refractivity contribution < 1.29 is 78.7 Å². The van der Waals surface area contributed by atoms with E-state index < -0.39 is 105 Å². The van der Waals surface area contributed by atoms with E-state index in [9.17, 15) is 40.9 Å². The van der Waals surface area contributed by atoms with Gasteiger partial charge in [-0.25, -0.2) is 0 Å². The number of allylic oxidation sites excluding steroid dienone is 1. The minimum absolute atomic E-state index is 0.0359. The molecule has 4 aliphatic carbocycles. The Hall–Kier alpha value is -0.900. The lowest BCUT2D eigenvalue weighted by atomic mass is 9.47. The molecule has 0 aromatic carbocycles. The van der Waals surface area contributed by atoms with E-state index in [1.165, 1.54) is 32.3 Å². The Balaban J connectivity index is 0.809. The van der Waals surface area contributed by atoms with E-state index in [1.807, 2.05) is 0 Å². The predicted octanol–water partition coefficient (Wildman–Crippen LogP) is 1.24. The summed E-state index contributed by atoms with van der Waals surface area (Å²) in [5.74, 6) is 2.82. The third-order valence-corrected chi connectivity index (χ3v) is 17.6. The van der Waals surface area contributed by atoms with Crippen LogP contribution in [0.1, 0.15) is 99.3 Å². The van der Waals surface area contributed by atoms with E-state index in [0.717, 1.165) is 45.1 Å². The van der Waals surface area contributed by atoms with Crippen molar-refractivity contribution in [1.29, 1.82) is 0 Å². The summed E-state index contributed by atoms with van der Waals surface area (Å²) in [6, 6.07) is 0. The molecule has 8 N–H and O–H groups in total. The molecule has 348 valence electrons. The van der Waals surface area contributed by atoms with Gasteiger partial charge in [-0.2, -0.15) is 0 Å². The van der Waals surface area contributed by atoms with Gasteiger partial charge in [0.25, 0.3) is 0 Å². The molecule has 8 fully saturated rings. The molecule has 9 aliphatic rings. The second-order valence-electron chi connectivity index (χ2n) is 21.1. The number of hydrogen-bond acceptors (Lipinski definition) is 16. The first-order valence-corrected chi connectivity index (χ1v) is 23.2. The van der Waals surface area contributed by atoms with Gasteiger partial charge >= 0.3 is 0 Å².